The molecule has 1 saturated heterocycles. The van der Waals surface area contributed by atoms with Gasteiger partial charge in [0.05, 0.1) is 0 Å². The van der Waals surface area contributed by atoms with Crippen LogP contribution in [0.4, 0.5) is 11.9 Å². The standard InChI is InChI=1S/C12H21ClN6/c1-3-5-14-11-16-10(13)17-12(18-11)15-7-9-4-6-19(2)8-9/h9H,3-8H2,1-2H3,(H2,14,15,16,17,18). The number of hydrogen-bond donors (Lipinski definition) is 2. The molecule has 0 aliphatic carbocycles. The molecule has 0 aromatic carbocycles. The van der Waals surface area contributed by atoms with Crippen molar-refractivity contribution in [1.29, 1.82) is 0 Å². The van der Waals surface area contributed by atoms with Gasteiger partial charge >= 0.3 is 0 Å². The van der Waals surface area contributed by atoms with E-state index >= 15 is 0 Å². The van der Waals surface area contributed by atoms with E-state index in [9.17, 15) is 0 Å². The first-order valence-corrected chi connectivity index (χ1v) is 7.13. The third kappa shape index (κ3) is 4.47. The van der Waals surface area contributed by atoms with Crippen molar-refractivity contribution in [2.75, 3.05) is 43.9 Å². The van der Waals surface area contributed by atoms with Crippen molar-refractivity contribution in [3.8, 4) is 0 Å². The maximum Gasteiger partial charge on any atom is 0.228 e. The summed E-state index contributed by atoms with van der Waals surface area (Å²) in [7, 11) is 2.15. The molecule has 2 heterocycles. The Morgan fingerprint density at radius 1 is 1.26 bits per heavy atom. The Labute approximate surface area is 119 Å². The third-order valence-corrected chi connectivity index (χ3v) is 3.35. The molecule has 1 aliphatic heterocycles. The van der Waals surface area contributed by atoms with Gasteiger partial charge in [0, 0.05) is 19.6 Å². The normalized spacial score (nSPS) is 19.6. The predicted octanol–water partition coefficient (Wildman–Crippen LogP) is 1.71. The van der Waals surface area contributed by atoms with E-state index in [-0.39, 0.29) is 5.28 Å². The van der Waals surface area contributed by atoms with E-state index in [4.69, 9.17) is 11.6 Å². The highest BCUT2D eigenvalue weighted by Gasteiger charge is 2.19. The first kappa shape index (κ1) is 14.3. The largest absolute Gasteiger partial charge is 0.354 e. The van der Waals surface area contributed by atoms with E-state index < -0.39 is 0 Å². The van der Waals surface area contributed by atoms with E-state index in [1.165, 1.54) is 6.42 Å². The molecular formula is C12H21ClN6. The average Bonchev–Trinajstić information content (AvgIpc) is 2.79. The van der Waals surface area contributed by atoms with E-state index in [1.54, 1.807) is 0 Å². The molecule has 0 radical (unpaired) electrons. The molecule has 0 spiro atoms. The van der Waals surface area contributed by atoms with Gasteiger partial charge in [-0.25, -0.2) is 0 Å². The monoisotopic (exact) mass is 284 g/mol. The Kier molecular flexibility index (Phi) is 5.15. The molecule has 2 N–H and O–H groups in total. The summed E-state index contributed by atoms with van der Waals surface area (Å²) in [6.07, 6.45) is 2.23. The summed E-state index contributed by atoms with van der Waals surface area (Å²) < 4.78 is 0. The number of halogens is 1. The lowest BCUT2D eigenvalue weighted by Gasteiger charge is -2.12. The van der Waals surface area contributed by atoms with Crippen molar-refractivity contribution in [2.45, 2.75) is 19.8 Å². The summed E-state index contributed by atoms with van der Waals surface area (Å²) in [6.45, 7) is 6.07. The maximum absolute atomic E-state index is 5.90. The Balaban J connectivity index is 1.90. The van der Waals surface area contributed by atoms with Gasteiger partial charge in [-0.2, -0.15) is 15.0 Å². The molecule has 1 aromatic heterocycles. The Bertz CT molecular complexity index is 413. The summed E-state index contributed by atoms with van der Waals surface area (Å²) in [4.78, 5) is 14.8. The van der Waals surface area contributed by atoms with Crippen molar-refractivity contribution >= 4 is 23.5 Å². The Morgan fingerprint density at radius 3 is 2.63 bits per heavy atom. The van der Waals surface area contributed by atoms with Gasteiger partial charge in [-0.1, -0.05) is 6.92 Å². The zero-order chi connectivity index (χ0) is 13.7. The van der Waals surface area contributed by atoms with Crippen LogP contribution in [0.15, 0.2) is 0 Å². The number of aromatic nitrogens is 3. The molecule has 1 atom stereocenters. The number of nitrogens with zero attached hydrogens (tertiary/aromatic N) is 4. The third-order valence-electron chi connectivity index (χ3n) is 3.18. The van der Waals surface area contributed by atoms with Gasteiger partial charge in [0.25, 0.3) is 0 Å². The molecule has 0 saturated carbocycles. The molecule has 1 aromatic rings. The lowest BCUT2D eigenvalue weighted by Crippen LogP contribution is -2.20. The van der Waals surface area contributed by atoms with Gasteiger partial charge in [-0.05, 0) is 44.0 Å². The van der Waals surface area contributed by atoms with Gasteiger partial charge in [0.2, 0.25) is 17.2 Å². The highest BCUT2D eigenvalue weighted by Crippen LogP contribution is 2.15. The van der Waals surface area contributed by atoms with E-state index in [1.807, 2.05) is 0 Å². The molecule has 1 fully saturated rings. The molecule has 0 amide bonds. The van der Waals surface area contributed by atoms with Crippen LogP contribution >= 0.6 is 11.6 Å². The molecular weight excluding hydrogens is 264 g/mol. The molecule has 19 heavy (non-hydrogen) atoms. The minimum atomic E-state index is 0.222. The van der Waals surface area contributed by atoms with Crippen LogP contribution in [0, 0.1) is 5.92 Å². The molecule has 7 heteroatoms. The quantitative estimate of drug-likeness (QED) is 0.829. The smallest absolute Gasteiger partial charge is 0.228 e. The summed E-state index contributed by atoms with van der Waals surface area (Å²) in [5.41, 5.74) is 0. The van der Waals surface area contributed by atoms with Crippen molar-refractivity contribution in [3.63, 3.8) is 0 Å². The van der Waals surface area contributed by atoms with Crippen LogP contribution in [-0.2, 0) is 0 Å². The van der Waals surface area contributed by atoms with E-state index in [2.05, 4.69) is 44.5 Å². The summed E-state index contributed by atoms with van der Waals surface area (Å²) in [5, 5.41) is 6.59. The van der Waals surface area contributed by atoms with Gasteiger partial charge in [-0.15, -0.1) is 0 Å². The molecule has 1 aliphatic rings. The summed E-state index contributed by atoms with van der Waals surface area (Å²) in [5.74, 6) is 1.73. The SMILES string of the molecule is CCCNc1nc(Cl)nc(NCC2CCN(C)C2)n1. The van der Waals surface area contributed by atoms with Crippen LogP contribution in [0.3, 0.4) is 0 Å². The first-order chi connectivity index (χ1) is 9.17. The lowest BCUT2D eigenvalue weighted by molar-refractivity contribution is 0.399. The van der Waals surface area contributed by atoms with Crippen molar-refractivity contribution in [2.24, 2.45) is 5.92 Å². The zero-order valence-corrected chi connectivity index (χ0v) is 12.2. The fraction of sp³-hybridized carbons (Fsp3) is 0.750. The predicted molar refractivity (Wildman–Crippen MR) is 77.7 cm³/mol. The number of rotatable bonds is 6. The van der Waals surface area contributed by atoms with Crippen molar-refractivity contribution in [3.05, 3.63) is 5.28 Å². The highest BCUT2D eigenvalue weighted by atomic mass is 35.5. The van der Waals surface area contributed by atoms with Crippen LogP contribution in [0.5, 0.6) is 0 Å². The van der Waals surface area contributed by atoms with Crippen molar-refractivity contribution < 1.29 is 0 Å². The van der Waals surface area contributed by atoms with E-state index in [0.717, 1.165) is 32.6 Å². The van der Waals surface area contributed by atoms with Crippen LogP contribution < -0.4 is 10.6 Å². The van der Waals surface area contributed by atoms with Crippen LogP contribution in [-0.4, -0.2) is 53.1 Å². The molecule has 106 valence electrons. The number of likely N-dealkylation sites (tertiary alicyclic amines) is 1. The average molecular weight is 285 g/mol. The Hall–Kier alpha value is -1.14. The second kappa shape index (κ2) is 6.86. The number of anilines is 2. The second-order valence-electron chi connectivity index (χ2n) is 4.98. The summed E-state index contributed by atoms with van der Waals surface area (Å²) >= 11 is 5.90. The number of nitrogens with one attached hydrogen (secondary N) is 2. The minimum absolute atomic E-state index is 0.222. The topological polar surface area (TPSA) is 66.0 Å². The second-order valence-corrected chi connectivity index (χ2v) is 5.31. The molecule has 0 bridgehead atoms. The minimum Gasteiger partial charge on any atom is -0.354 e. The molecule has 1 unspecified atom stereocenters. The fourth-order valence-corrected chi connectivity index (χ4v) is 2.33. The van der Waals surface area contributed by atoms with E-state index in [0.29, 0.717) is 17.8 Å². The molecule has 6 nitrogen and oxygen atoms in total. The highest BCUT2D eigenvalue weighted by molar-refractivity contribution is 6.28. The van der Waals surface area contributed by atoms with Gasteiger partial charge in [0.15, 0.2) is 0 Å². The van der Waals surface area contributed by atoms with Crippen LogP contribution in [0.25, 0.3) is 0 Å². The van der Waals surface area contributed by atoms with Crippen molar-refractivity contribution in [1.82, 2.24) is 19.9 Å². The molecule has 2 rings (SSSR count). The first-order valence-electron chi connectivity index (χ1n) is 6.75. The van der Waals surface area contributed by atoms with Crippen LogP contribution in [0.2, 0.25) is 5.28 Å². The van der Waals surface area contributed by atoms with Gasteiger partial charge in [-0.3, -0.25) is 0 Å². The lowest BCUT2D eigenvalue weighted by atomic mass is 10.1. The van der Waals surface area contributed by atoms with Gasteiger partial charge < -0.3 is 15.5 Å². The maximum atomic E-state index is 5.90. The zero-order valence-electron chi connectivity index (χ0n) is 11.5. The fourth-order valence-electron chi connectivity index (χ4n) is 2.17. The summed E-state index contributed by atoms with van der Waals surface area (Å²) in [6, 6.07) is 0. The number of hydrogen-bond acceptors (Lipinski definition) is 6. The van der Waals surface area contributed by atoms with Gasteiger partial charge in [0.1, 0.15) is 0 Å². The Morgan fingerprint density at radius 2 is 2.00 bits per heavy atom. The van der Waals surface area contributed by atoms with Crippen LogP contribution in [0.1, 0.15) is 19.8 Å².